The highest BCUT2D eigenvalue weighted by atomic mass is 127. The Morgan fingerprint density at radius 1 is 0.970 bits per heavy atom. The molecule has 3 aromatic carbocycles. The average molecular weight is 750 g/mol. The maximum atomic E-state index is 13.1. The molecule has 0 radical (unpaired) electrons. The molecule has 9 heteroatoms. The number of hydrogen-bond acceptors (Lipinski definition) is 4. The largest absolute Gasteiger partial charge is 0.487 e. The zero-order chi connectivity index (χ0) is 23.5. The minimum absolute atomic E-state index is 0.111. The van der Waals surface area contributed by atoms with Crippen molar-refractivity contribution in [1.29, 1.82) is 0 Å². The molecule has 1 aliphatic heterocycles. The number of thioether (sulfide) groups is 1. The standard InChI is InChI=1S/C24H15BrFI2NO3S/c25-17-5-1-15(2-6-17)13-32-22-19(27)9-16(10-20(22)28)11-21-23(30)29(24(31)33-21)12-14-3-7-18(26)8-4-14/h1-11H,12-13H2/b21-11-. The molecule has 1 aliphatic rings. The lowest BCUT2D eigenvalue weighted by molar-refractivity contribution is -0.123. The van der Waals surface area contributed by atoms with Crippen LogP contribution >= 0.6 is 72.9 Å². The molecule has 0 bridgehead atoms. The van der Waals surface area contributed by atoms with Crippen molar-refractivity contribution in [2.45, 2.75) is 13.2 Å². The van der Waals surface area contributed by atoms with Crippen molar-refractivity contribution in [2.24, 2.45) is 0 Å². The van der Waals surface area contributed by atoms with Crippen LogP contribution in [0, 0.1) is 13.0 Å². The first-order valence-electron chi connectivity index (χ1n) is 9.66. The Bertz CT molecular complexity index is 1230. The fraction of sp³-hybridized carbons (Fsp3) is 0.0833. The number of nitrogens with zero attached hydrogens (tertiary/aromatic N) is 1. The molecule has 3 aromatic rings. The molecule has 33 heavy (non-hydrogen) atoms. The molecule has 168 valence electrons. The molecule has 0 spiro atoms. The van der Waals surface area contributed by atoms with Gasteiger partial charge in [-0.25, -0.2) is 4.39 Å². The van der Waals surface area contributed by atoms with Crippen LogP contribution in [0.3, 0.4) is 0 Å². The van der Waals surface area contributed by atoms with Gasteiger partial charge in [-0.05, 0) is 116 Å². The van der Waals surface area contributed by atoms with Gasteiger partial charge in [-0.15, -0.1) is 0 Å². The number of carbonyl (C=O) groups excluding carboxylic acids is 2. The number of halogens is 4. The topological polar surface area (TPSA) is 46.6 Å². The second-order valence-corrected chi connectivity index (χ2v) is 11.4. The molecule has 1 heterocycles. The number of hydrogen-bond donors (Lipinski definition) is 0. The van der Waals surface area contributed by atoms with Crippen LogP contribution in [-0.2, 0) is 17.9 Å². The highest BCUT2D eigenvalue weighted by Crippen LogP contribution is 2.35. The van der Waals surface area contributed by atoms with Crippen LogP contribution in [0.5, 0.6) is 5.75 Å². The molecule has 0 saturated carbocycles. The Kier molecular flexibility index (Phi) is 8.13. The monoisotopic (exact) mass is 749 g/mol. The lowest BCUT2D eigenvalue weighted by Crippen LogP contribution is -2.27. The molecule has 0 aromatic heterocycles. The predicted octanol–water partition coefficient (Wildman–Crippen LogP) is 7.61. The summed E-state index contributed by atoms with van der Waals surface area (Å²) in [5.74, 6) is 0.0665. The molecular weight excluding hydrogens is 735 g/mol. The number of ether oxygens (including phenoxy) is 1. The molecule has 1 fully saturated rings. The number of rotatable bonds is 6. The van der Waals surface area contributed by atoms with Crippen LogP contribution in [0.25, 0.3) is 6.08 Å². The van der Waals surface area contributed by atoms with E-state index < -0.39 is 0 Å². The number of benzene rings is 3. The quantitative estimate of drug-likeness (QED) is 0.192. The summed E-state index contributed by atoms with van der Waals surface area (Å²) >= 11 is 8.76. The molecule has 0 atom stereocenters. The molecule has 0 aliphatic carbocycles. The highest BCUT2D eigenvalue weighted by molar-refractivity contribution is 14.1. The Balaban J connectivity index is 1.49. The second kappa shape index (κ2) is 10.9. The molecular formula is C24H15BrFI2NO3S. The van der Waals surface area contributed by atoms with E-state index >= 15 is 0 Å². The maximum absolute atomic E-state index is 13.1. The van der Waals surface area contributed by atoms with Gasteiger partial charge in [0.05, 0.1) is 18.6 Å². The van der Waals surface area contributed by atoms with Crippen LogP contribution in [0.4, 0.5) is 9.18 Å². The van der Waals surface area contributed by atoms with Crippen LogP contribution in [0.1, 0.15) is 16.7 Å². The summed E-state index contributed by atoms with van der Waals surface area (Å²) in [5.41, 5.74) is 2.56. The van der Waals surface area contributed by atoms with Gasteiger partial charge in [-0.1, -0.05) is 40.2 Å². The van der Waals surface area contributed by atoms with Crippen molar-refractivity contribution in [3.8, 4) is 5.75 Å². The predicted molar refractivity (Wildman–Crippen MR) is 148 cm³/mol. The Labute approximate surface area is 230 Å². The van der Waals surface area contributed by atoms with Crippen molar-refractivity contribution in [2.75, 3.05) is 0 Å². The van der Waals surface area contributed by atoms with E-state index in [2.05, 4.69) is 61.1 Å². The summed E-state index contributed by atoms with van der Waals surface area (Å²) in [6.45, 7) is 0.557. The van der Waals surface area contributed by atoms with Crippen LogP contribution in [-0.4, -0.2) is 16.0 Å². The first-order chi connectivity index (χ1) is 15.8. The third-order valence-electron chi connectivity index (χ3n) is 4.74. The fourth-order valence-corrected chi connectivity index (χ4v) is 6.33. The van der Waals surface area contributed by atoms with Gasteiger partial charge in [-0.3, -0.25) is 14.5 Å². The first kappa shape index (κ1) is 24.7. The van der Waals surface area contributed by atoms with Gasteiger partial charge in [0.15, 0.2) is 0 Å². The lowest BCUT2D eigenvalue weighted by Gasteiger charge is -2.13. The number of amides is 2. The van der Waals surface area contributed by atoms with E-state index in [1.54, 1.807) is 18.2 Å². The van der Waals surface area contributed by atoms with E-state index in [1.807, 2.05) is 36.4 Å². The van der Waals surface area contributed by atoms with Crippen molar-refractivity contribution < 1.29 is 18.7 Å². The number of carbonyl (C=O) groups is 2. The van der Waals surface area contributed by atoms with Crippen LogP contribution in [0.2, 0.25) is 0 Å². The van der Waals surface area contributed by atoms with E-state index in [1.165, 1.54) is 17.0 Å². The van der Waals surface area contributed by atoms with Gasteiger partial charge in [0, 0.05) is 4.47 Å². The fourth-order valence-electron chi connectivity index (χ4n) is 3.10. The van der Waals surface area contributed by atoms with E-state index in [0.29, 0.717) is 17.1 Å². The van der Waals surface area contributed by atoms with Crippen LogP contribution < -0.4 is 4.74 Å². The molecule has 4 rings (SSSR count). The van der Waals surface area contributed by atoms with Gasteiger partial charge < -0.3 is 4.74 Å². The summed E-state index contributed by atoms with van der Waals surface area (Å²) < 4.78 is 22.0. The third kappa shape index (κ3) is 6.17. The minimum Gasteiger partial charge on any atom is -0.487 e. The summed E-state index contributed by atoms with van der Waals surface area (Å²) in [4.78, 5) is 26.8. The molecule has 0 N–H and O–H groups in total. The molecule has 2 amide bonds. The lowest BCUT2D eigenvalue weighted by atomic mass is 10.2. The zero-order valence-electron chi connectivity index (χ0n) is 16.9. The minimum atomic E-state index is -0.360. The summed E-state index contributed by atoms with van der Waals surface area (Å²) in [5, 5.41) is -0.338. The smallest absolute Gasteiger partial charge is 0.293 e. The van der Waals surface area contributed by atoms with E-state index in [-0.39, 0.29) is 23.5 Å². The number of imide groups is 1. The molecule has 0 unspecified atom stereocenters. The Morgan fingerprint density at radius 3 is 2.21 bits per heavy atom. The second-order valence-electron chi connectivity index (χ2n) is 7.12. The van der Waals surface area contributed by atoms with Gasteiger partial charge in [0.1, 0.15) is 18.2 Å². The van der Waals surface area contributed by atoms with Crippen molar-refractivity contribution in [1.82, 2.24) is 4.90 Å². The SMILES string of the molecule is O=C1S/C(=C\c2cc(I)c(OCc3ccc(Br)cc3)c(I)c2)C(=O)N1Cc1ccc(F)cc1. The van der Waals surface area contributed by atoms with E-state index in [9.17, 15) is 14.0 Å². The van der Waals surface area contributed by atoms with Gasteiger partial charge in [0.25, 0.3) is 11.1 Å². The van der Waals surface area contributed by atoms with Crippen molar-refractivity contribution in [3.05, 3.63) is 99.7 Å². The first-order valence-corrected chi connectivity index (χ1v) is 13.4. The van der Waals surface area contributed by atoms with Crippen LogP contribution in [0.15, 0.2) is 70.0 Å². The maximum Gasteiger partial charge on any atom is 0.293 e. The average Bonchev–Trinajstić information content (AvgIpc) is 3.03. The normalized spacial score (nSPS) is 14.9. The molecule has 1 saturated heterocycles. The zero-order valence-corrected chi connectivity index (χ0v) is 23.6. The van der Waals surface area contributed by atoms with Gasteiger partial charge >= 0.3 is 0 Å². The van der Waals surface area contributed by atoms with Crippen molar-refractivity contribution >= 4 is 90.1 Å². The summed E-state index contributed by atoms with van der Waals surface area (Å²) in [7, 11) is 0. The van der Waals surface area contributed by atoms with Gasteiger partial charge in [0.2, 0.25) is 0 Å². The summed E-state index contributed by atoms with van der Waals surface area (Å²) in [6, 6.07) is 17.6. The summed E-state index contributed by atoms with van der Waals surface area (Å²) in [6.07, 6.45) is 1.72. The third-order valence-corrected chi connectivity index (χ3v) is 7.78. The highest BCUT2D eigenvalue weighted by Gasteiger charge is 2.35. The molecule has 4 nitrogen and oxygen atoms in total. The van der Waals surface area contributed by atoms with Crippen molar-refractivity contribution in [3.63, 3.8) is 0 Å². The Morgan fingerprint density at radius 2 is 1.58 bits per heavy atom. The van der Waals surface area contributed by atoms with Gasteiger partial charge in [-0.2, -0.15) is 0 Å². The van der Waals surface area contributed by atoms with E-state index in [0.717, 1.165) is 40.3 Å². The Hall–Kier alpha value is -1.44. The van der Waals surface area contributed by atoms with E-state index in [4.69, 9.17) is 4.74 Å².